The summed E-state index contributed by atoms with van der Waals surface area (Å²) in [4.78, 5) is 14.0. The Morgan fingerprint density at radius 2 is 1.97 bits per heavy atom. The number of ether oxygens (including phenoxy) is 1. The normalized spacial score (nSPS) is 20.3. The van der Waals surface area contributed by atoms with Gasteiger partial charge in [0.05, 0.1) is 17.4 Å². The minimum absolute atomic E-state index is 0.0609. The van der Waals surface area contributed by atoms with Gasteiger partial charge in [-0.2, -0.15) is 0 Å². The molecule has 2 aliphatic rings. The van der Waals surface area contributed by atoms with Gasteiger partial charge >= 0.3 is 0 Å². The first-order valence-corrected chi connectivity index (χ1v) is 12.8. The van der Waals surface area contributed by atoms with Crippen molar-refractivity contribution in [1.29, 1.82) is 0 Å². The molecule has 2 N–H and O–H groups in total. The van der Waals surface area contributed by atoms with E-state index in [1.54, 1.807) is 0 Å². The number of fused-ring (bicyclic) bond motifs is 1. The van der Waals surface area contributed by atoms with Crippen LogP contribution in [0.25, 0.3) is 0 Å². The van der Waals surface area contributed by atoms with Crippen molar-refractivity contribution in [3.8, 4) is 5.75 Å². The standard InChI is InChI=1S/C23H31F2N5O3S/c1-14(2)26-22-23(28-21-15(3)30(13-34(31)32)11-8-19(21)27-22)29-9-6-17(7-10-29)33-20-5-4-16(24)12-18(20)25/h4-5,12,14-15,17H,6-11,13H2,1-3H3,(H,26,27)(H,31,32). The first kappa shape index (κ1) is 24.7. The number of nitrogens with zero attached hydrogens (tertiary/aromatic N) is 4. The zero-order valence-corrected chi connectivity index (χ0v) is 20.4. The van der Waals surface area contributed by atoms with Crippen LogP contribution in [0, 0.1) is 11.6 Å². The molecule has 0 spiro atoms. The summed E-state index contributed by atoms with van der Waals surface area (Å²) in [7, 11) is 0. The van der Waals surface area contributed by atoms with Gasteiger partial charge < -0.3 is 19.5 Å². The molecule has 0 aliphatic carbocycles. The van der Waals surface area contributed by atoms with Gasteiger partial charge in [-0.1, -0.05) is 0 Å². The van der Waals surface area contributed by atoms with E-state index in [9.17, 15) is 17.5 Å². The molecule has 3 heterocycles. The largest absolute Gasteiger partial charge is 0.487 e. The number of benzene rings is 1. The molecule has 8 nitrogen and oxygen atoms in total. The van der Waals surface area contributed by atoms with Gasteiger partial charge in [0.15, 0.2) is 34.3 Å². The summed E-state index contributed by atoms with van der Waals surface area (Å²) in [5, 5.41) is 3.41. The van der Waals surface area contributed by atoms with E-state index in [1.165, 1.54) is 12.1 Å². The maximum atomic E-state index is 14.0. The van der Waals surface area contributed by atoms with Gasteiger partial charge in [-0.15, -0.1) is 0 Å². The predicted molar refractivity (Wildman–Crippen MR) is 127 cm³/mol. The molecule has 11 heteroatoms. The summed E-state index contributed by atoms with van der Waals surface area (Å²) in [6.45, 7) is 8.01. The summed E-state index contributed by atoms with van der Waals surface area (Å²) in [5.41, 5.74) is 1.73. The van der Waals surface area contributed by atoms with Crippen molar-refractivity contribution in [2.24, 2.45) is 0 Å². The first-order chi connectivity index (χ1) is 16.2. The topological polar surface area (TPSA) is 90.8 Å². The molecule has 0 saturated carbocycles. The Hall–Kier alpha value is -2.37. The van der Waals surface area contributed by atoms with Gasteiger partial charge in [-0.25, -0.2) is 23.0 Å². The van der Waals surface area contributed by atoms with Crippen LogP contribution >= 0.6 is 0 Å². The quantitative estimate of drug-likeness (QED) is 0.562. The molecule has 0 bridgehead atoms. The number of aromatic nitrogens is 2. The molecule has 186 valence electrons. The van der Waals surface area contributed by atoms with Gasteiger partial charge in [-0.05, 0) is 32.9 Å². The number of halogens is 2. The summed E-state index contributed by atoms with van der Waals surface area (Å²) < 4.78 is 53.7. The lowest BCUT2D eigenvalue weighted by Gasteiger charge is -2.37. The maximum absolute atomic E-state index is 14.0. The molecule has 0 amide bonds. The van der Waals surface area contributed by atoms with Crippen molar-refractivity contribution in [3.63, 3.8) is 0 Å². The minimum Gasteiger partial charge on any atom is -0.487 e. The van der Waals surface area contributed by atoms with Crippen LogP contribution in [-0.2, 0) is 17.5 Å². The number of rotatable bonds is 7. The van der Waals surface area contributed by atoms with Crippen molar-refractivity contribution in [3.05, 3.63) is 41.2 Å². The minimum atomic E-state index is -1.91. The van der Waals surface area contributed by atoms with Gasteiger partial charge in [0.2, 0.25) is 0 Å². The summed E-state index contributed by atoms with van der Waals surface area (Å²) in [5.74, 6) is 0.280. The first-order valence-electron chi connectivity index (χ1n) is 11.6. The molecule has 34 heavy (non-hydrogen) atoms. The third-order valence-electron chi connectivity index (χ3n) is 6.19. The molecule has 2 unspecified atom stereocenters. The molecule has 1 saturated heterocycles. The van der Waals surface area contributed by atoms with Crippen molar-refractivity contribution in [2.45, 2.75) is 58.2 Å². The fraction of sp³-hybridized carbons (Fsp3) is 0.565. The second-order valence-electron chi connectivity index (χ2n) is 9.09. The molecular weight excluding hydrogens is 464 g/mol. The lowest BCUT2D eigenvalue weighted by molar-refractivity contribution is 0.163. The van der Waals surface area contributed by atoms with E-state index in [2.05, 4.69) is 10.2 Å². The van der Waals surface area contributed by atoms with E-state index in [1.807, 2.05) is 25.7 Å². The molecule has 4 rings (SSSR count). The van der Waals surface area contributed by atoms with Crippen LogP contribution in [0.2, 0.25) is 0 Å². The molecule has 1 fully saturated rings. The third kappa shape index (κ3) is 5.64. The number of hydrogen-bond donors (Lipinski definition) is 2. The van der Waals surface area contributed by atoms with Crippen LogP contribution in [-0.4, -0.2) is 61.3 Å². The van der Waals surface area contributed by atoms with E-state index < -0.39 is 22.7 Å². The van der Waals surface area contributed by atoms with Crippen LogP contribution in [0.15, 0.2) is 18.2 Å². The van der Waals surface area contributed by atoms with Crippen molar-refractivity contribution < 1.29 is 22.3 Å². The zero-order chi connectivity index (χ0) is 24.4. The van der Waals surface area contributed by atoms with Crippen molar-refractivity contribution in [1.82, 2.24) is 14.9 Å². The van der Waals surface area contributed by atoms with Crippen LogP contribution in [0.4, 0.5) is 20.4 Å². The SMILES string of the molecule is CC(C)Nc1nc2c(nc1N1CCC(Oc3ccc(F)cc3F)CC1)C(C)N(CS(=O)O)CC2. The highest BCUT2D eigenvalue weighted by atomic mass is 32.2. The average Bonchev–Trinajstić information content (AvgIpc) is 2.77. The molecule has 0 radical (unpaired) electrons. The van der Waals surface area contributed by atoms with Crippen molar-refractivity contribution >= 4 is 22.7 Å². The lowest BCUT2D eigenvalue weighted by Crippen LogP contribution is -2.41. The van der Waals surface area contributed by atoms with Gasteiger partial charge in [-0.3, -0.25) is 4.90 Å². The molecular formula is C23H31F2N5O3S. The monoisotopic (exact) mass is 495 g/mol. The Balaban J connectivity index is 1.52. The van der Waals surface area contributed by atoms with E-state index >= 15 is 0 Å². The summed E-state index contributed by atoms with van der Waals surface area (Å²) >= 11 is -1.91. The van der Waals surface area contributed by atoms with E-state index in [4.69, 9.17) is 14.7 Å². The summed E-state index contributed by atoms with van der Waals surface area (Å²) in [6, 6.07) is 3.39. The van der Waals surface area contributed by atoms with Gasteiger partial charge in [0.25, 0.3) is 0 Å². The van der Waals surface area contributed by atoms with Gasteiger partial charge in [0, 0.05) is 51.0 Å². The molecule has 2 aliphatic heterocycles. The zero-order valence-electron chi connectivity index (χ0n) is 19.6. The number of anilines is 2. The second-order valence-corrected chi connectivity index (χ2v) is 10.00. The number of hydrogen-bond acceptors (Lipinski definition) is 7. The fourth-order valence-electron chi connectivity index (χ4n) is 4.45. The van der Waals surface area contributed by atoms with Crippen LogP contribution in [0.1, 0.15) is 51.0 Å². The maximum Gasteiger partial charge on any atom is 0.172 e. The van der Waals surface area contributed by atoms with Gasteiger partial charge in [0.1, 0.15) is 17.8 Å². The second kappa shape index (κ2) is 10.5. The Morgan fingerprint density at radius 1 is 1.24 bits per heavy atom. The molecule has 2 atom stereocenters. The molecule has 2 aromatic rings. The Morgan fingerprint density at radius 3 is 2.62 bits per heavy atom. The Kier molecular flexibility index (Phi) is 7.63. The van der Waals surface area contributed by atoms with Crippen LogP contribution < -0.4 is 15.0 Å². The Labute approximate surface area is 201 Å². The average molecular weight is 496 g/mol. The highest BCUT2D eigenvalue weighted by Crippen LogP contribution is 2.34. The van der Waals surface area contributed by atoms with E-state index in [-0.39, 0.29) is 29.8 Å². The third-order valence-corrected chi connectivity index (χ3v) is 6.74. The highest BCUT2D eigenvalue weighted by molar-refractivity contribution is 7.79. The lowest BCUT2D eigenvalue weighted by atomic mass is 10.0. The van der Waals surface area contributed by atoms with E-state index in [0.29, 0.717) is 38.9 Å². The van der Waals surface area contributed by atoms with E-state index in [0.717, 1.165) is 29.1 Å². The number of nitrogens with one attached hydrogen (secondary N) is 1. The smallest absolute Gasteiger partial charge is 0.172 e. The molecule has 1 aromatic heterocycles. The number of piperidine rings is 1. The summed E-state index contributed by atoms with van der Waals surface area (Å²) in [6.07, 6.45) is 1.79. The Bertz CT molecular complexity index is 1050. The fourth-order valence-corrected chi connectivity index (χ4v) is 5.09. The van der Waals surface area contributed by atoms with Crippen LogP contribution in [0.5, 0.6) is 5.75 Å². The highest BCUT2D eigenvalue weighted by Gasteiger charge is 2.31. The molecule has 1 aromatic carbocycles. The predicted octanol–water partition coefficient (Wildman–Crippen LogP) is 3.72. The van der Waals surface area contributed by atoms with Crippen molar-refractivity contribution in [2.75, 3.05) is 35.7 Å². The van der Waals surface area contributed by atoms with Crippen LogP contribution in [0.3, 0.4) is 0 Å².